The first-order chi connectivity index (χ1) is 23.4. The Labute approximate surface area is 299 Å². The van der Waals surface area contributed by atoms with E-state index in [9.17, 15) is 21.6 Å². The molecule has 49 heavy (non-hydrogen) atoms. The normalized spacial score (nSPS) is 18.3. The summed E-state index contributed by atoms with van der Waals surface area (Å²) in [5.74, 6) is 0.303. The molecule has 2 aromatic carbocycles. The number of carbonyl (C=O) groups is 1. The molecule has 266 valence electrons. The molecule has 0 saturated carbocycles. The van der Waals surface area contributed by atoms with E-state index in [2.05, 4.69) is 19.2 Å². The van der Waals surface area contributed by atoms with Gasteiger partial charge in [0.25, 0.3) is 0 Å². The summed E-state index contributed by atoms with van der Waals surface area (Å²) in [7, 11) is -7.09. The molecule has 0 radical (unpaired) electrons. The Morgan fingerprint density at radius 2 is 1.73 bits per heavy atom. The van der Waals surface area contributed by atoms with Crippen LogP contribution in [0.3, 0.4) is 0 Å². The van der Waals surface area contributed by atoms with Crippen LogP contribution >= 0.6 is 23.2 Å². The number of aromatic nitrogens is 2. The Kier molecular flexibility index (Phi) is 11.4. The monoisotopic (exact) mass is 750 g/mol. The van der Waals surface area contributed by atoms with Gasteiger partial charge < -0.3 is 9.80 Å². The highest BCUT2D eigenvalue weighted by Crippen LogP contribution is 2.33. The van der Waals surface area contributed by atoms with Crippen molar-refractivity contribution in [3.63, 3.8) is 0 Å². The Bertz CT molecular complexity index is 1890. The molecule has 0 spiro atoms. The molecule has 3 aliphatic heterocycles. The number of hydrogen-bond donors (Lipinski definition) is 1. The maximum atomic E-state index is 12.7. The van der Waals surface area contributed by atoms with Crippen LogP contribution in [-0.4, -0.2) is 98.2 Å². The molecule has 0 unspecified atom stereocenters. The maximum absolute atomic E-state index is 12.7. The van der Waals surface area contributed by atoms with Gasteiger partial charge in [0.15, 0.2) is 0 Å². The molecule has 1 aromatic heterocycles. The number of carbonyl (C=O) groups excluding carboxylic acids is 1. The van der Waals surface area contributed by atoms with Gasteiger partial charge in [-0.1, -0.05) is 35.3 Å². The lowest BCUT2D eigenvalue weighted by molar-refractivity contribution is -0.130. The summed E-state index contributed by atoms with van der Waals surface area (Å²) in [6.07, 6.45) is 7.48. The minimum atomic E-state index is -3.70. The van der Waals surface area contributed by atoms with Crippen molar-refractivity contribution >= 4 is 49.2 Å². The second-order valence-corrected chi connectivity index (χ2v) is 17.8. The van der Waals surface area contributed by atoms with Crippen LogP contribution in [0.1, 0.15) is 55.3 Å². The topological polar surface area (TPSA) is 125 Å². The average molecular weight is 752 g/mol. The zero-order valence-corrected chi connectivity index (χ0v) is 30.9. The number of benzene rings is 2. The molecule has 6 rings (SSSR count). The molecular formula is C34H44Cl2N6O5S2. The van der Waals surface area contributed by atoms with Crippen molar-refractivity contribution in [3.8, 4) is 11.3 Å². The fourth-order valence-electron chi connectivity index (χ4n) is 7.24. The average Bonchev–Trinajstić information content (AvgIpc) is 3.67. The molecule has 15 heteroatoms. The van der Waals surface area contributed by atoms with E-state index in [4.69, 9.17) is 28.3 Å². The van der Waals surface area contributed by atoms with E-state index in [1.807, 2.05) is 18.2 Å². The van der Waals surface area contributed by atoms with Gasteiger partial charge in [-0.3, -0.25) is 9.48 Å². The lowest BCUT2D eigenvalue weighted by Crippen LogP contribution is -2.45. The van der Waals surface area contributed by atoms with Crippen molar-refractivity contribution in [2.75, 3.05) is 45.5 Å². The number of rotatable bonds is 13. The number of sulfonamides is 2. The van der Waals surface area contributed by atoms with Crippen LogP contribution in [0.15, 0.2) is 47.4 Å². The summed E-state index contributed by atoms with van der Waals surface area (Å²) < 4.78 is 56.7. The molecule has 3 aromatic rings. The van der Waals surface area contributed by atoms with Crippen molar-refractivity contribution in [2.24, 2.45) is 0 Å². The number of hydrogen-bond acceptors (Lipinski definition) is 7. The summed E-state index contributed by atoms with van der Waals surface area (Å²) in [4.78, 5) is 16.9. The number of piperidine rings is 1. The van der Waals surface area contributed by atoms with Gasteiger partial charge in [-0.2, -0.15) is 9.40 Å². The zero-order valence-electron chi connectivity index (χ0n) is 27.8. The molecule has 0 bridgehead atoms. The lowest BCUT2D eigenvalue weighted by atomic mass is 9.99. The van der Waals surface area contributed by atoms with Gasteiger partial charge >= 0.3 is 0 Å². The van der Waals surface area contributed by atoms with Crippen molar-refractivity contribution < 1.29 is 21.6 Å². The molecule has 2 fully saturated rings. The summed E-state index contributed by atoms with van der Waals surface area (Å²) in [6.45, 7) is 5.41. The van der Waals surface area contributed by atoms with Gasteiger partial charge in [0, 0.05) is 91.6 Å². The Morgan fingerprint density at radius 3 is 2.45 bits per heavy atom. The van der Waals surface area contributed by atoms with Crippen LogP contribution < -0.4 is 4.72 Å². The predicted octanol–water partition coefficient (Wildman–Crippen LogP) is 4.56. The molecule has 2 saturated heterocycles. The van der Waals surface area contributed by atoms with Gasteiger partial charge in [-0.15, -0.1) is 0 Å². The first-order valence-electron chi connectivity index (χ1n) is 17.0. The molecule has 11 nitrogen and oxygen atoms in total. The minimum absolute atomic E-state index is 0.114. The summed E-state index contributed by atoms with van der Waals surface area (Å²) in [5.41, 5.74) is 4.43. The van der Waals surface area contributed by atoms with Gasteiger partial charge in [-0.25, -0.2) is 21.6 Å². The van der Waals surface area contributed by atoms with E-state index < -0.39 is 20.0 Å². The predicted molar refractivity (Wildman–Crippen MR) is 192 cm³/mol. The third kappa shape index (κ3) is 8.69. The van der Waals surface area contributed by atoms with E-state index in [-0.39, 0.29) is 18.0 Å². The van der Waals surface area contributed by atoms with E-state index in [0.717, 1.165) is 86.5 Å². The van der Waals surface area contributed by atoms with Crippen molar-refractivity contribution in [1.82, 2.24) is 28.6 Å². The third-order valence-corrected chi connectivity index (χ3v) is 13.2. The van der Waals surface area contributed by atoms with Gasteiger partial charge in [0.1, 0.15) is 0 Å². The van der Waals surface area contributed by atoms with Crippen LogP contribution in [0.25, 0.3) is 11.3 Å². The molecule has 0 aliphatic carbocycles. The summed E-state index contributed by atoms with van der Waals surface area (Å²) in [6, 6.07) is 12.2. The van der Waals surface area contributed by atoms with Gasteiger partial charge in [0.05, 0.1) is 16.8 Å². The van der Waals surface area contributed by atoms with Crippen LogP contribution in [0.2, 0.25) is 10.0 Å². The van der Waals surface area contributed by atoms with Crippen LogP contribution in [-0.2, 0) is 50.8 Å². The van der Waals surface area contributed by atoms with Crippen molar-refractivity contribution in [1.29, 1.82) is 0 Å². The Balaban J connectivity index is 1.12. The number of amides is 1. The zero-order chi connectivity index (χ0) is 34.8. The second-order valence-electron chi connectivity index (χ2n) is 13.2. The highest BCUT2D eigenvalue weighted by atomic mass is 35.5. The first-order valence-corrected chi connectivity index (χ1v) is 21.1. The lowest BCUT2D eigenvalue weighted by Gasteiger charge is -2.36. The van der Waals surface area contributed by atoms with Gasteiger partial charge in [0.2, 0.25) is 26.0 Å². The van der Waals surface area contributed by atoms with E-state index in [0.29, 0.717) is 54.2 Å². The second kappa shape index (κ2) is 15.4. The third-order valence-electron chi connectivity index (χ3n) is 9.86. The first kappa shape index (κ1) is 36.3. The Morgan fingerprint density at radius 1 is 0.939 bits per heavy atom. The molecule has 1 N–H and O–H groups in total. The molecular weight excluding hydrogens is 707 g/mol. The van der Waals surface area contributed by atoms with E-state index in [1.165, 1.54) is 22.7 Å². The summed E-state index contributed by atoms with van der Waals surface area (Å²) in [5, 5.41) is 5.99. The smallest absolute Gasteiger partial charge is 0.240 e. The standard InChI is InChI=1S/C34H44Cl2N6O5S2/c1-48(44,45)40-21-14-32-30(24-40)34(38-42(32)18-5-16-39-19-12-28(13-20-39)41-17-4-9-33(41)43)26-10-11-31(36)25(22-26)6-3-15-37-49(46,47)29-8-2-7-27(35)23-29/h2,7-8,10-11,22-23,28,37H,3-6,9,12-21,24H2,1H3. The van der Waals surface area contributed by atoms with Crippen LogP contribution in [0.4, 0.5) is 0 Å². The summed E-state index contributed by atoms with van der Waals surface area (Å²) >= 11 is 12.6. The fourth-order valence-corrected chi connectivity index (χ4v) is 9.61. The van der Waals surface area contributed by atoms with Crippen LogP contribution in [0.5, 0.6) is 0 Å². The van der Waals surface area contributed by atoms with Crippen LogP contribution in [0, 0.1) is 0 Å². The van der Waals surface area contributed by atoms with Gasteiger partial charge in [-0.05, 0) is 81.0 Å². The number of nitrogens with zero attached hydrogens (tertiary/aromatic N) is 5. The highest BCUT2D eigenvalue weighted by molar-refractivity contribution is 7.89. The van der Waals surface area contributed by atoms with E-state index in [1.54, 1.807) is 12.1 Å². The SMILES string of the molecule is CS(=O)(=O)N1CCc2c(c(-c3ccc(Cl)c(CCCNS(=O)(=O)c4cccc(Cl)c4)c3)nn2CCCN2CCC(N3CCCC3=O)CC2)C1. The molecule has 3 aliphatic rings. The Hall–Kier alpha value is -2.52. The van der Waals surface area contributed by atoms with Crippen molar-refractivity contribution in [2.45, 2.75) is 75.4 Å². The largest absolute Gasteiger partial charge is 0.340 e. The number of fused-ring (bicyclic) bond motifs is 1. The number of halogens is 2. The van der Waals surface area contributed by atoms with E-state index >= 15 is 0 Å². The molecule has 0 atom stereocenters. The fraction of sp³-hybridized carbons (Fsp3) is 0.529. The number of likely N-dealkylation sites (tertiary alicyclic amines) is 2. The maximum Gasteiger partial charge on any atom is 0.240 e. The quantitative estimate of drug-likeness (QED) is 0.254. The number of aryl methyl sites for hydroxylation is 2. The minimum Gasteiger partial charge on any atom is -0.340 e. The molecule has 1 amide bonds. The highest BCUT2D eigenvalue weighted by Gasteiger charge is 2.32. The van der Waals surface area contributed by atoms with Crippen molar-refractivity contribution in [3.05, 3.63) is 69.3 Å². The number of nitrogens with one attached hydrogen (secondary N) is 1. The molecule has 4 heterocycles.